The minimum Gasteiger partial charge on any atom is -0.340 e. The highest BCUT2D eigenvalue weighted by molar-refractivity contribution is 7.90. The number of piperidine rings is 1. The van der Waals surface area contributed by atoms with Gasteiger partial charge >= 0.3 is 0 Å². The second kappa shape index (κ2) is 12.2. The van der Waals surface area contributed by atoms with Crippen molar-refractivity contribution in [3.63, 3.8) is 0 Å². The van der Waals surface area contributed by atoms with E-state index in [2.05, 4.69) is 4.90 Å². The lowest BCUT2D eigenvalue weighted by Crippen LogP contribution is -2.49. The molecule has 0 unspecified atom stereocenters. The molecular formula is C29H39N3O4S. The van der Waals surface area contributed by atoms with Crippen LogP contribution in [0.5, 0.6) is 0 Å². The minimum absolute atomic E-state index is 0.0782. The Morgan fingerprint density at radius 2 is 1.59 bits per heavy atom. The Morgan fingerprint density at radius 1 is 0.946 bits per heavy atom. The van der Waals surface area contributed by atoms with Gasteiger partial charge in [-0.1, -0.05) is 36.8 Å². The van der Waals surface area contributed by atoms with Crippen molar-refractivity contribution >= 4 is 27.3 Å². The first-order valence-electron chi connectivity index (χ1n) is 13.4. The topological polar surface area (TPSA) is 78.0 Å². The Labute approximate surface area is 221 Å². The van der Waals surface area contributed by atoms with Crippen molar-refractivity contribution in [1.82, 2.24) is 9.80 Å². The molecule has 2 amide bonds. The van der Waals surface area contributed by atoms with E-state index >= 15 is 0 Å². The number of amides is 2. The highest BCUT2D eigenvalue weighted by Gasteiger charge is 2.31. The number of sulfone groups is 1. The molecule has 0 aromatic heterocycles. The van der Waals surface area contributed by atoms with Gasteiger partial charge in [0, 0.05) is 56.6 Å². The summed E-state index contributed by atoms with van der Waals surface area (Å²) in [6.07, 6.45) is 6.41. The molecule has 0 spiro atoms. The molecule has 2 aromatic carbocycles. The third kappa shape index (κ3) is 6.99. The van der Waals surface area contributed by atoms with Gasteiger partial charge in [0.15, 0.2) is 9.84 Å². The SMILES string of the molecule is CCN(C(=O)Cc1ccc(S(C)(=O)=O)cc1)C1CCN(CCN(C(=O)C2CCC2)c2ccccc2)CC1. The van der Waals surface area contributed by atoms with Gasteiger partial charge in [-0.2, -0.15) is 0 Å². The summed E-state index contributed by atoms with van der Waals surface area (Å²) in [7, 11) is -3.25. The average Bonchev–Trinajstić information content (AvgIpc) is 2.85. The molecule has 37 heavy (non-hydrogen) atoms. The molecule has 2 aromatic rings. The van der Waals surface area contributed by atoms with Crippen molar-refractivity contribution in [2.75, 3.05) is 43.9 Å². The zero-order valence-corrected chi connectivity index (χ0v) is 22.8. The quantitative estimate of drug-likeness (QED) is 0.472. The number of carbonyl (C=O) groups excluding carboxylic acids is 2. The van der Waals surface area contributed by atoms with E-state index in [9.17, 15) is 18.0 Å². The van der Waals surface area contributed by atoms with E-state index in [1.807, 2.05) is 47.1 Å². The number of hydrogen-bond acceptors (Lipinski definition) is 5. The summed E-state index contributed by atoms with van der Waals surface area (Å²) in [6.45, 7) is 5.98. The van der Waals surface area contributed by atoms with E-state index in [4.69, 9.17) is 0 Å². The van der Waals surface area contributed by atoms with Crippen LogP contribution in [0.3, 0.4) is 0 Å². The van der Waals surface area contributed by atoms with Gasteiger partial charge in [0.2, 0.25) is 11.8 Å². The Hall–Kier alpha value is -2.71. The Kier molecular flexibility index (Phi) is 9.03. The standard InChI is InChI=1S/C29H39N3O4S/c1-3-31(28(33)22-23-12-14-27(15-13-23)37(2,35)36)26-16-18-30(19-17-26)20-21-32(25-10-5-4-6-11-25)29(34)24-8-7-9-24/h4-6,10-15,24,26H,3,7-9,16-22H2,1-2H3. The smallest absolute Gasteiger partial charge is 0.230 e. The van der Waals surface area contributed by atoms with E-state index < -0.39 is 9.84 Å². The maximum absolute atomic E-state index is 13.1. The Morgan fingerprint density at radius 3 is 2.14 bits per heavy atom. The fourth-order valence-electron chi connectivity index (χ4n) is 5.31. The van der Waals surface area contributed by atoms with Crippen LogP contribution in [-0.4, -0.2) is 75.1 Å². The van der Waals surface area contributed by atoms with Crippen LogP contribution in [0.1, 0.15) is 44.6 Å². The molecule has 0 radical (unpaired) electrons. The van der Waals surface area contributed by atoms with Gasteiger partial charge in [-0.25, -0.2) is 8.42 Å². The molecular weight excluding hydrogens is 486 g/mol. The third-order valence-electron chi connectivity index (χ3n) is 7.79. The van der Waals surface area contributed by atoms with Crippen LogP contribution in [-0.2, 0) is 25.8 Å². The minimum atomic E-state index is -3.25. The molecule has 1 saturated heterocycles. The summed E-state index contributed by atoms with van der Waals surface area (Å²) in [5, 5.41) is 0. The molecule has 7 nitrogen and oxygen atoms in total. The number of nitrogens with zero attached hydrogens (tertiary/aromatic N) is 3. The number of benzene rings is 2. The summed E-state index contributed by atoms with van der Waals surface area (Å²) in [4.78, 5) is 32.8. The van der Waals surface area contributed by atoms with Crippen molar-refractivity contribution in [3.8, 4) is 0 Å². The molecule has 1 aliphatic carbocycles. The van der Waals surface area contributed by atoms with Crippen molar-refractivity contribution in [2.24, 2.45) is 5.92 Å². The fourth-order valence-corrected chi connectivity index (χ4v) is 5.95. The molecule has 2 fully saturated rings. The number of likely N-dealkylation sites (N-methyl/N-ethyl adjacent to an activating group) is 1. The van der Waals surface area contributed by atoms with Crippen LogP contribution in [0.4, 0.5) is 5.69 Å². The molecule has 200 valence electrons. The molecule has 2 aliphatic rings. The van der Waals surface area contributed by atoms with Crippen LogP contribution < -0.4 is 4.90 Å². The molecule has 8 heteroatoms. The highest BCUT2D eigenvalue weighted by Crippen LogP contribution is 2.30. The highest BCUT2D eigenvalue weighted by atomic mass is 32.2. The summed E-state index contributed by atoms with van der Waals surface area (Å²) in [6, 6.07) is 16.8. The van der Waals surface area contributed by atoms with Gasteiger partial charge in [-0.05, 0) is 62.4 Å². The summed E-state index contributed by atoms with van der Waals surface area (Å²) >= 11 is 0. The summed E-state index contributed by atoms with van der Waals surface area (Å²) in [5.74, 6) is 0.492. The number of rotatable bonds is 10. The van der Waals surface area contributed by atoms with Crippen molar-refractivity contribution in [3.05, 3.63) is 60.2 Å². The van der Waals surface area contributed by atoms with Gasteiger partial charge in [0.25, 0.3) is 0 Å². The van der Waals surface area contributed by atoms with Crippen LogP contribution >= 0.6 is 0 Å². The molecule has 0 N–H and O–H groups in total. The first-order chi connectivity index (χ1) is 17.8. The van der Waals surface area contributed by atoms with E-state index in [0.717, 1.165) is 63.0 Å². The van der Waals surface area contributed by atoms with Crippen molar-refractivity contribution in [1.29, 1.82) is 0 Å². The zero-order chi connectivity index (χ0) is 26.4. The predicted octanol–water partition coefficient (Wildman–Crippen LogP) is 3.78. The molecule has 0 bridgehead atoms. The van der Waals surface area contributed by atoms with E-state index in [1.54, 1.807) is 24.3 Å². The fraction of sp³-hybridized carbons (Fsp3) is 0.517. The third-order valence-corrected chi connectivity index (χ3v) is 8.92. The lowest BCUT2D eigenvalue weighted by Gasteiger charge is -2.39. The first kappa shape index (κ1) is 27.3. The van der Waals surface area contributed by atoms with E-state index in [1.165, 1.54) is 6.26 Å². The van der Waals surface area contributed by atoms with Gasteiger partial charge in [0.05, 0.1) is 11.3 Å². The van der Waals surface area contributed by atoms with Gasteiger partial charge in [-0.15, -0.1) is 0 Å². The Bertz CT molecular complexity index is 1160. The zero-order valence-electron chi connectivity index (χ0n) is 22.0. The average molecular weight is 526 g/mol. The number of likely N-dealkylation sites (tertiary alicyclic amines) is 1. The van der Waals surface area contributed by atoms with Gasteiger partial charge in [0.1, 0.15) is 0 Å². The number of para-hydroxylation sites is 1. The normalized spacial score (nSPS) is 17.2. The second-order valence-corrected chi connectivity index (χ2v) is 12.3. The van der Waals surface area contributed by atoms with Crippen LogP contribution in [0.15, 0.2) is 59.5 Å². The van der Waals surface area contributed by atoms with Gasteiger partial charge < -0.3 is 14.7 Å². The maximum Gasteiger partial charge on any atom is 0.230 e. The van der Waals surface area contributed by atoms with Crippen molar-refractivity contribution in [2.45, 2.75) is 56.4 Å². The summed E-state index contributed by atoms with van der Waals surface area (Å²) in [5.41, 5.74) is 1.80. The molecule has 1 aliphatic heterocycles. The van der Waals surface area contributed by atoms with E-state index in [0.29, 0.717) is 13.1 Å². The number of carbonyl (C=O) groups is 2. The van der Waals surface area contributed by atoms with Crippen LogP contribution in [0.2, 0.25) is 0 Å². The van der Waals surface area contributed by atoms with Crippen LogP contribution in [0, 0.1) is 5.92 Å². The van der Waals surface area contributed by atoms with Gasteiger partial charge in [-0.3, -0.25) is 9.59 Å². The maximum atomic E-state index is 13.1. The molecule has 1 saturated carbocycles. The molecule has 0 atom stereocenters. The lowest BCUT2D eigenvalue weighted by atomic mass is 9.84. The molecule has 4 rings (SSSR count). The number of anilines is 1. The monoisotopic (exact) mass is 525 g/mol. The summed E-state index contributed by atoms with van der Waals surface area (Å²) < 4.78 is 23.4. The largest absolute Gasteiger partial charge is 0.340 e. The Balaban J connectivity index is 1.29. The predicted molar refractivity (Wildman–Crippen MR) is 146 cm³/mol. The second-order valence-electron chi connectivity index (χ2n) is 10.3. The van der Waals surface area contributed by atoms with E-state index in [-0.39, 0.29) is 35.1 Å². The van der Waals surface area contributed by atoms with Crippen LogP contribution in [0.25, 0.3) is 0 Å². The number of hydrogen-bond donors (Lipinski definition) is 0. The molecule has 1 heterocycles. The lowest BCUT2D eigenvalue weighted by molar-refractivity contribution is -0.133. The first-order valence-corrected chi connectivity index (χ1v) is 15.3. The van der Waals surface area contributed by atoms with Crippen molar-refractivity contribution < 1.29 is 18.0 Å².